The van der Waals surface area contributed by atoms with Crippen molar-refractivity contribution < 1.29 is 15.0 Å². The molecule has 88 valence electrons. The molecule has 0 spiro atoms. The standard InChI is InChI=1S/C11H14ClNO3/c12-8-3-1-2-7(6-14)10(8)11(16)9(15)4-5-13/h1-3,6,9,11,15-16H,4-5,13H2. The van der Waals surface area contributed by atoms with Crippen molar-refractivity contribution in [2.45, 2.75) is 18.6 Å². The maximum Gasteiger partial charge on any atom is 0.150 e. The van der Waals surface area contributed by atoms with Crippen molar-refractivity contribution in [1.29, 1.82) is 0 Å². The fourth-order valence-corrected chi connectivity index (χ4v) is 1.78. The van der Waals surface area contributed by atoms with Gasteiger partial charge in [0.2, 0.25) is 0 Å². The van der Waals surface area contributed by atoms with Crippen molar-refractivity contribution in [2.75, 3.05) is 6.54 Å². The lowest BCUT2D eigenvalue weighted by Crippen LogP contribution is -2.23. The van der Waals surface area contributed by atoms with Crippen LogP contribution in [-0.2, 0) is 0 Å². The van der Waals surface area contributed by atoms with Crippen LogP contribution >= 0.6 is 11.6 Å². The molecule has 5 heteroatoms. The van der Waals surface area contributed by atoms with Gasteiger partial charge in [0.1, 0.15) is 12.4 Å². The predicted molar refractivity (Wildman–Crippen MR) is 61.5 cm³/mol. The molecule has 16 heavy (non-hydrogen) atoms. The van der Waals surface area contributed by atoms with Crippen LogP contribution < -0.4 is 5.73 Å². The zero-order valence-corrected chi connectivity index (χ0v) is 9.39. The molecule has 0 radical (unpaired) electrons. The molecule has 4 N–H and O–H groups in total. The lowest BCUT2D eigenvalue weighted by molar-refractivity contribution is 0.0147. The summed E-state index contributed by atoms with van der Waals surface area (Å²) in [6, 6.07) is 4.70. The molecule has 0 aliphatic heterocycles. The lowest BCUT2D eigenvalue weighted by atomic mass is 9.97. The highest BCUT2D eigenvalue weighted by Crippen LogP contribution is 2.28. The fraction of sp³-hybridized carbons (Fsp3) is 0.364. The van der Waals surface area contributed by atoms with Crippen LogP contribution in [0, 0.1) is 0 Å². The normalized spacial score (nSPS) is 14.5. The Balaban J connectivity index is 3.06. The number of hydrogen-bond acceptors (Lipinski definition) is 4. The maximum atomic E-state index is 10.8. The van der Waals surface area contributed by atoms with Gasteiger partial charge >= 0.3 is 0 Å². The number of carbonyl (C=O) groups is 1. The quantitative estimate of drug-likeness (QED) is 0.671. The Bertz CT molecular complexity index is 370. The number of hydrogen-bond donors (Lipinski definition) is 3. The largest absolute Gasteiger partial charge is 0.390 e. The third kappa shape index (κ3) is 2.80. The van der Waals surface area contributed by atoms with E-state index in [2.05, 4.69) is 0 Å². The molecule has 2 atom stereocenters. The molecule has 0 heterocycles. The van der Waals surface area contributed by atoms with Gasteiger partial charge in [0, 0.05) is 16.1 Å². The average Bonchev–Trinajstić information content (AvgIpc) is 2.28. The first-order valence-corrected chi connectivity index (χ1v) is 5.29. The third-order valence-electron chi connectivity index (χ3n) is 2.34. The first-order valence-electron chi connectivity index (χ1n) is 4.91. The van der Waals surface area contributed by atoms with Gasteiger partial charge < -0.3 is 15.9 Å². The van der Waals surface area contributed by atoms with E-state index >= 15 is 0 Å². The molecule has 0 fully saturated rings. The number of benzene rings is 1. The topological polar surface area (TPSA) is 83.6 Å². The molecule has 0 saturated heterocycles. The lowest BCUT2D eigenvalue weighted by Gasteiger charge is -2.19. The van der Waals surface area contributed by atoms with Gasteiger partial charge in [-0.05, 0) is 19.0 Å². The van der Waals surface area contributed by atoms with Crippen LogP contribution in [0.2, 0.25) is 5.02 Å². The Hall–Kier alpha value is -0.940. The molecular formula is C11H14ClNO3. The number of aldehydes is 1. The van der Waals surface area contributed by atoms with Gasteiger partial charge in [0.05, 0.1) is 6.10 Å². The highest BCUT2D eigenvalue weighted by Gasteiger charge is 2.22. The van der Waals surface area contributed by atoms with Crippen LogP contribution in [0.3, 0.4) is 0 Å². The number of halogens is 1. The summed E-state index contributed by atoms with van der Waals surface area (Å²) in [5.41, 5.74) is 5.80. The minimum absolute atomic E-state index is 0.241. The summed E-state index contributed by atoms with van der Waals surface area (Å²) in [5.74, 6) is 0. The molecule has 0 saturated carbocycles. The molecule has 1 aromatic carbocycles. The number of aliphatic hydroxyl groups is 2. The Kier molecular flexibility index (Phi) is 4.89. The van der Waals surface area contributed by atoms with Crippen molar-refractivity contribution in [3.63, 3.8) is 0 Å². The predicted octanol–water partition coefficient (Wildman–Crippen LogP) is 0.896. The highest BCUT2D eigenvalue weighted by molar-refractivity contribution is 6.31. The number of nitrogens with two attached hydrogens (primary N) is 1. The SMILES string of the molecule is NCCC(O)C(O)c1c(Cl)cccc1C=O. The first-order chi connectivity index (χ1) is 7.61. The number of carbonyl (C=O) groups excluding carboxylic acids is 1. The summed E-state index contributed by atoms with van der Waals surface area (Å²) in [6.45, 7) is 0.249. The van der Waals surface area contributed by atoms with Crippen molar-refractivity contribution in [2.24, 2.45) is 5.73 Å². The van der Waals surface area contributed by atoms with Crippen LogP contribution in [-0.4, -0.2) is 29.1 Å². The zero-order valence-electron chi connectivity index (χ0n) is 8.64. The Morgan fingerprint density at radius 3 is 2.69 bits per heavy atom. The summed E-state index contributed by atoms with van der Waals surface area (Å²) >= 11 is 5.89. The third-order valence-corrected chi connectivity index (χ3v) is 2.67. The van der Waals surface area contributed by atoms with E-state index in [1.54, 1.807) is 12.1 Å². The van der Waals surface area contributed by atoms with Gasteiger partial charge in [0.15, 0.2) is 0 Å². The van der Waals surface area contributed by atoms with E-state index in [0.29, 0.717) is 6.29 Å². The fourth-order valence-electron chi connectivity index (χ4n) is 1.49. The van der Waals surface area contributed by atoms with E-state index in [1.807, 2.05) is 0 Å². The molecule has 0 aliphatic carbocycles. The zero-order chi connectivity index (χ0) is 12.1. The minimum Gasteiger partial charge on any atom is -0.390 e. The van der Waals surface area contributed by atoms with Crippen LogP contribution in [0.25, 0.3) is 0 Å². The van der Waals surface area contributed by atoms with Gasteiger partial charge in [-0.25, -0.2) is 0 Å². The second-order valence-electron chi connectivity index (χ2n) is 3.45. The van der Waals surface area contributed by atoms with Gasteiger partial charge in [-0.2, -0.15) is 0 Å². The summed E-state index contributed by atoms with van der Waals surface area (Å²) in [6.07, 6.45) is -1.38. The minimum atomic E-state index is -1.20. The molecule has 4 nitrogen and oxygen atoms in total. The van der Waals surface area contributed by atoms with Crippen molar-refractivity contribution in [3.05, 3.63) is 34.3 Å². The van der Waals surface area contributed by atoms with Crippen molar-refractivity contribution >= 4 is 17.9 Å². The van der Waals surface area contributed by atoms with Crippen LogP contribution in [0.4, 0.5) is 0 Å². The molecule has 1 aromatic rings. The van der Waals surface area contributed by atoms with E-state index in [1.165, 1.54) is 6.07 Å². The van der Waals surface area contributed by atoms with E-state index < -0.39 is 12.2 Å². The van der Waals surface area contributed by atoms with Crippen LogP contribution in [0.5, 0.6) is 0 Å². The highest BCUT2D eigenvalue weighted by atomic mass is 35.5. The Morgan fingerprint density at radius 1 is 1.44 bits per heavy atom. The number of rotatable bonds is 5. The van der Waals surface area contributed by atoms with Crippen molar-refractivity contribution in [1.82, 2.24) is 0 Å². The summed E-state index contributed by atoms with van der Waals surface area (Å²) in [4.78, 5) is 10.8. The van der Waals surface area contributed by atoms with Gasteiger partial charge in [-0.3, -0.25) is 4.79 Å². The van der Waals surface area contributed by atoms with E-state index in [-0.39, 0.29) is 29.1 Å². The molecule has 0 aromatic heterocycles. The second kappa shape index (κ2) is 5.96. The van der Waals surface area contributed by atoms with E-state index in [4.69, 9.17) is 17.3 Å². The summed E-state index contributed by atoms with van der Waals surface area (Å²) in [5, 5.41) is 19.7. The molecule has 2 unspecified atom stereocenters. The second-order valence-corrected chi connectivity index (χ2v) is 3.86. The first kappa shape index (κ1) is 13.1. The maximum absolute atomic E-state index is 10.8. The monoisotopic (exact) mass is 243 g/mol. The van der Waals surface area contributed by atoms with E-state index in [0.717, 1.165) is 0 Å². The van der Waals surface area contributed by atoms with Gasteiger partial charge in [-0.15, -0.1) is 0 Å². The number of aliphatic hydroxyl groups excluding tert-OH is 2. The molecular weight excluding hydrogens is 230 g/mol. The van der Waals surface area contributed by atoms with Gasteiger partial charge in [-0.1, -0.05) is 23.7 Å². The summed E-state index contributed by atoms with van der Waals surface area (Å²) in [7, 11) is 0. The smallest absolute Gasteiger partial charge is 0.150 e. The van der Waals surface area contributed by atoms with Crippen molar-refractivity contribution in [3.8, 4) is 0 Å². The molecule has 1 rings (SSSR count). The van der Waals surface area contributed by atoms with Crippen LogP contribution in [0.15, 0.2) is 18.2 Å². The van der Waals surface area contributed by atoms with Gasteiger partial charge in [0.25, 0.3) is 0 Å². The molecule has 0 amide bonds. The van der Waals surface area contributed by atoms with Crippen LogP contribution in [0.1, 0.15) is 28.4 Å². The average molecular weight is 244 g/mol. The Morgan fingerprint density at radius 2 is 2.12 bits per heavy atom. The summed E-state index contributed by atoms with van der Waals surface area (Å²) < 4.78 is 0. The molecule has 0 aliphatic rings. The Labute approximate surface area is 98.6 Å². The molecule has 0 bridgehead atoms. The van der Waals surface area contributed by atoms with E-state index in [9.17, 15) is 15.0 Å².